The largest absolute Gasteiger partial charge is 0.411 e. The fourth-order valence-corrected chi connectivity index (χ4v) is 1.50. The Morgan fingerprint density at radius 1 is 1.61 bits per heavy atom. The van der Waals surface area contributed by atoms with Crippen molar-refractivity contribution in [2.24, 2.45) is 5.16 Å². The predicted molar refractivity (Wildman–Crippen MR) is 68.1 cm³/mol. The first-order chi connectivity index (χ1) is 8.49. The molecule has 0 atom stereocenters. The molecular weight excluding hydrogens is 260 g/mol. The number of aliphatic hydroxyl groups excluding tert-OH is 1. The minimum atomic E-state index is -0.553. The Morgan fingerprint density at radius 3 is 2.78 bits per heavy atom. The predicted octanol–water partition coefficient (Wildman–Crippen LogP) is 2.47. The quantitative estimate of drug-likeness (QED) is 0.380. The summed E-state index contributed by atoms with van der Waals surface area (Å²) >= 11 is 5.77. The maximum atomic E-state index is 10.8. The first kappa shape index (κ1) is 14.1. The van der Waals surface area contributed by atoms with Crippen molar-refractivity contribution in [2.45, 2.75) is 6.92 Å². The number of halogens is 1. The maximum absolute atomic E-state index is 10.8. The number of rotatable bonds is 4. The van der Waals surface area contributed by atoms with Crippen LogP contribution < -0.4 is 0 Å². The molecule has 0 aliphatic carbocycles. The summed E-state index contributed by atoms with van der Waals surface area (Å²) in [5.74, 6) is 0. The molecule has 0 saturated heterocycles. The second-order valence-corrected chi connectivity index (χ2v) is 3.91. The fraction of sp³-hybridized carbons (Fsp3) is 0.182. The lowest BCUT2D eigenvalue weighted by molar-refractivity contribution is -0.385. The van der Waals surface area contributed by atoms with E-state index in [0.717, 1.165) is 0 Å². The van der Waals surface area contributed by atoms with Crippen LogP contribution in [0.15, 0.2) is 28.9 Å². The highest BCUT2D eigenvalue weighted by molar-refractivity contribution is 6.30. The molecule has 1 rings (SSSR count). The van der Waals surface area contributed by atoms with E-state index < -0.39 is 11.5 Å². The molecule has 0 spiro atoms. The smallest absolute Gasteiger partial charge is 0.276 e. The first-order valence-electron chi connectivity index (χ1n) is 4.94. The highest BCUT2D eigenvalue weighted by atomic mass is 35.5. The summed E-state index contributed by atoms with van der Waals surface area (Å²) in [5.41, 5.74) is 0.533. The lowest BCUT2D eigenvalue weighted by Gasteiger charge is -2.03. The van der Waals surface area contributed by atoms with Crippen molar-refractivity contribution in [3.05, 3.63) is 44.5 Å². The van der Waals surface area contributed by atoms with Gasteiger partial charge in [-0.3, -0.25) is 10.1 Å². The zero-order valence-electron chi connectivity index (χ0n) is 9.50. The Morgan fingerprint density at radius 2 is 2.28 bits per heavy atom. The second-order valence-electron chi connectivity index (χ2n) is 3.47. The zero-order valence-corrected chi connectivity index (χ0v) is 10.3. The molecule has 0 fully saturated rings. The van der Waals surface area contributed by atoms with Gasteiger partial charge >= 0.3 is 0 Å². The van der Waals surface area contributed by atoms with Gasteiger partial charge in [-0.15, -0.1) is 0 Å². The zero-order chi connectivity index (χ0) is 13.7. The molecule has 0 aromatic heterocycles. The van der Waals surface area contributed by atoms with Crippen molar-refractivity contribution in [3.63, 3.8) is 0 Å². The van der Waals surface area contributed by atoms with Gasteiger partial charge in [0.15, 0.2) is 0 Å². The van der Waals surface area contributed by atoms with E-state index in [4.69, 9.17) is 21.9 Å². The minimum absolute atomic E-state index is 0.143. The standard InChI is InChI=1S/C11H11ClN2O4/c1-7(13-16)9(6-15)4-8-5-10(12)2-3-11(8)14(17)18/h2-5,15-16H,6H2,1H3/b9-4+,13-7+. The first-order valence-corrected chi connectivity index (χ1v) is 5.31. The number of nitro groups is 1. The van der Waals surface area contributed by atoms with Crippen LogP contribution in [0.2, 0.25) is 5.02 Å². The molecule has 18 heavy (non-hydrogen) atoms. The van der Waals surface area contributed by atoms with E-state index in [9.17, 15) is 10.1 Å². The van der Waals surface area contributed by atoms with Crippen molar-refractivity contribution < 1.29 is 15.2 Å². The Balaban J connectivity index is 3.35. The maximum Gasteiger partial charge on any atom is 0.276 e. The molecule has 0 bridgehead atoms. The summed E-state index contributed by atoms with van der Waals surface area (Å²) in [4.78, 5) is 10.3. The molecule has 0 aliphatic rings. The van der Waals surface area contributed by atoms with E-state index in [1.54, 1.807) is 0 Å². The summed E-state index contributed by atoms with van der Waals surface area (Å²) in [6.07, 6.45) is 1.36. The van der Waals surface area contributed by atoms with Crippen LogP contribution in [0.25, 0.3) is 6.08 Å². The van der Waals surface area contributed by atoms with Crippen LogP contribution in [0.1, 0.15) is 12.5 Å². The highest BCUT2D eigenvalue weighted by Crippen LogP contribution is 2.25. The van der Waals surface area contributed by atoms with Gasteiger partial charge in [-0.05, 0) is 25.1 Å². The van der Waals surface area contributed by atoms with Gasteiger partial charge < -0.3 is 10.3 Å². The molecule has 0 unspecified atom stereocenters. The number of nitrogens with zero attached hydrogens (tertiary/aromatic N) is 2. The molecule has 0 saturated carbocycles. The molecule has 2 N–H and O–H groups in total. The molecule has 96 valence electrons. The van der Waals surface area contributed by atoms with Gasteiger partial charge in [-0.2, -0.15) is 0 Å². The van der Waals surface area contributed by atoms with Gasteiger partial charge in [0.1, 0.15) is 0 Å². The number of oxime groups is 1. The lowest BCUT2D eigenvalue weighted by atomic mass is 10.1. The van der Waals surface area contributed by atoms with E-state index in [0.29, 0.717) is 5.02 Å². The average molecular weight is 271 g/mol. The summed E-state index contributed by atoms with van der Waals surface area (Å²) in [6.45, 7) is 1.07. The van der Waals surface area contributed by atoms with Crippen molar-refractivity contribution in [3.8, 4) is 0 Å². The molecule has 1 aromatic carbocycles. The van der Waals surface area contributed by atoms with Gasteiger partial charge in [0.25, 0.3) is 5.69 Å². The number of benzene rings is 1. The molecule has 1 aromatic rings. The summed E-state index contributed by atoms with van der Waals surface area (Å²) < 4.78 is 0. The van der Waals surface area contributed by atoms with Crippen LogP contribution in [-0.2, 0) is 0 Å². The third kappa shape index (κ3) is 3.28. The van der Waals surface area contributed by atoms with Gasteiger partial charge in [-0.1, -0.05) is 16.8 Å². The lowest BCUT2D eigenvalue weighted by Crippen LogP contribution is -2.02. The van der Waals surface area contributed by atoms with Crippen LogP contribution in [0, 0.1) is 10.1 Å². The van der Waals surface area contributed by atoms with Gasteiger partial charge in [-0.25, -0.2) is 0 Å². The van der Waals surface area contributed by atoms with Crippen molar-refractivity contribution in [1.29, 1.82) is 0 Å². The van der Waals surface area contributed by atoms with Crippen LogP contribution in [-0.4, -0.2) is 27.6 Å². The number of hydrogen-bond donors (Lipinski definition) is 2. The summed E-state index contributed by atoms with van der Waals surface area (Å²) in [7, 11) is 0. The van der Waals surface area contributed by atoms with Crippen molar-refractivity contribution >= 4 is 29.1 Å². The molecular formula is C11H11ClN2O4. The Bertz CT molecular complexity index is 526. The monoisotopic (exact) mass is 270 g/mol. The van der Waals surface area contributed by atoms with E-state index in [-0.39, 0.29) is 22.5 Å². The van der Waals surface area contributed by atoms with Crippen LogP contribution >= 0.6 is 11.6 Å². The van der Waals surface area contributed by atoms with E-state index in [2.05, 4.69) is 5.16 Å². The third-order valence-electron chi connectivity index (χ3n) is 2.30. The number of hydrogen-bond acceptors (Lipinski definition) is 5. The normalized spacial score (nSPS) is 12.6. The van der Waals surface area contributed by atoms with E-state index in [1.807, 2.05) is 0 Å². The van der Waals surface area contributed by atoms with Crippen molar-refractivity contribution in [2.75, 3.05) is 6.61 Å². The molecule has 0 amide bonds. The minimum Gasteiger partial charge on any atom is -0.411 e. The summed E-state index contributed by atoms with van der Waals surface area (Å²) in [5, 5.41) is 31.9. The van der Waals surface area contributed by atoms with Crippen molar-refractivity contribution in [1.82, 2.24) is 0 Å². The fourth-order valence-electron chi connectivity index (χ4n) is 1.32. The third-order valence-corrected chi connectivity index (χ3v) is 2.54. The molecule has 6 nitrogen and oxygen atoms in total. The molecule has 7 heteroatoms. The van der Waals surface area contributed by atoms with E-state index in [1.165, 1.54) is 31.2 Å². The Kier molecular flexibility index (Phi) is 4.82. The van der Waals surface area contributed by atoms with Crippen LogP contribution in [0.5, 0.6) is 0 Å². The Hall–Kier alpha value is -1.92. The highest BCUT2D eigenvalue weighted by Gasteiger charge is 2.13. The van der Waals surface area contributed by atoms with Gasteiger partial charge in [0.05, 0.1) is 22.8 Å². The summed E-state index contributed by atoms with van der Waals surface area (Å²) in [6, 6.07) is 4.08. The van der Waals surface area contributed by atoms with Gasteiger partial charge in [0, 0.05) is 16.7 Å². The van der Waals surface area contributed by atoms with Crippen LogP contribution in [0.4, 0.5) is 5.69 Å². The molecule has 0 heterocycles. The molecule has 0 radical (unpaired) electrons. The van der Waals surface area contributed by atoms with E-state index >= 15 is 0 Å². The average Bonchev–Trinajstić information content (AvgIpc) is 2.34. The topological polar surface area (TPSA) is 96.0 Å². The SMILES string of the molecule is CC(=N\O)/C(=C/c1cc(Cl)ccc1[N+](=O)[O-])CO. The Labute approximate surface area is 108 Å². The number of nitro benzene ring substituents is 1. The van der Waals surface area contributed by atoms with Gasteiger partial charge in [0.2, 0.25) is 0 Å². The molecule has 0 aliphatic heterocycles. The van der Waals surface area contributed by atoms with Crippen LogP contribution in [0.3, 0.4) is 0 Å². The second kappa shape index (κ2) is 6.13. The number of aliphatic hydroxyl groups is 1.